The Bertz CT molecular complexity index is 393. The molecule has 0 saturated carbocycles. The summed E-state index contributed by atoms with van der Waals surface area (Å²) >= 11 is 0. The number of urea groups is 1. The van der Waals surface area contributed by atoms with Crippen LogP contribution >= 0.6 is 0 Å². The molecule has 0 aromatic heterocycles. The van der Waals surface area contributed by atoms with Gasteiger partial charge in [0.25, 0.3) is 5.91 Å². The summed E-state index contributed by atoms with van der Waals surface area (Å²) in [7, 11) is 0. The molecule has 1 spiro atoms. The molecule has 3 saturated heterocycles. The van der Waals surface area contributed by atoms with Crippen molar-refractivity contribution in [1.82, 2.24) is 15.5 Å². The van der Waals surface area contributed by atoms with E-state index in [4.69, 9.17) is 4.74 Å². The van der Waals surface area contributed by atoms with Gasteiger partial charge in [-0.15, -0.1) is 0 Å². The van der Waals surface area contributed by atoms with Crippen LogP contribution in [0.4, 0.5) is 4.79 Å². The molecule has 3 rings (SSSR count). The average Bonchev–Trinajstić information content (AvgIpc) is 2.89. The summed E-state index contributed by atoms with van der Waals surface area (Å²) in [4.78, 5) is 25.9. The molecule has 2 N–H and O–H groups in total. The summed E-state index contributed by atoms with van der Waals surface area (Å²) in [5, 5.41) is 6.07. The van der Waals surface area contributed by atoms with E-state index < -0.39 is 5.54 Å². The lowest BCUT2D eigenvalue weighted by Gasteiger charge is -2.31. The van der Waals surface area contributed by atoms with E-state index >= 15 is 0 Å². The minimum atomic E-state index is -0.709. The second kappa shape index (κ2) is 4.76. The third-order valence-corrected chi connectivity index (χ3v) is 4.34. The van der Waals surface area contributed by atoms with E-state index in [1.54, 1.807) is 0 Å². The number of nitrogens with one attached hydrogen (secondary N) is 2. The van der Waals surface area contributed by atoms with Crippen LogP contribution in [0.1, 0.15) is 32.6 Å². The number of hydrogen-bond acceptors (Lipinski definition) is 4. The first kappa shape index (κ1) is 12.9. The van der Waals surface area contributed by atoms with E-state index in [-0.39, 0.29) is 24.1 Å². The average molecular weight is 267 g/mol. The molecule has 3 unspecified atom stereocenters. The van der Waals surface area contributed by atoms with Gasteiger partial charge in [0.15, 0.2) is 0 Å². The zero-order chi connectivity index (χ0) is 13.5. The van der Waals surface area contributed by atoms with Crippen molar-refractivity contribution in [3.63, 3.8) is 0 Å². The number of imide groups is 1. The van der Waals surface area contributed by atoms with Gasteiger partial charge in [-0.05, 0) is 39.2 Å². The molecule has 3 aliphatic rings. The number of amides is 3. The SMILES string of the molecule is CC1CCC(CN2C(=O)NC3(CCCNC3)C2=O)O1. The lowest BCUT2D eigenvalue weighted by molar-refractivity contribution is -0.133. The smallest absolute Gasteiger partial charge is 0.325 e. The van der Waals surface area contributed by atoms with Gasteiger partial charge in [0.05, 0.1) is 18.8 Å². The van der Waals surface area contributed by atoms with Gasteiger partial charge < -0.3 is 15.4 Å². The van der Waals surface area contributed by atoms with Crippen molar-refractivity contribution < 1.29 is 14.3 Å². The number of rotatable bonds is 2. The fourth-order valence-corrected chi connectivity index (χ4v) is 3.26. The molecule has 0 radical (unpaired) electrons. The van der Waals surface area contributed by atoms with Crippen molar-refractivity contribution in [3.05, 3.63) is 0 Å². The van der Waals surface area contributed by atoms with Crippen LogP contribution in [0.25, 0.3) is 0 Å². The molecule has 0 aromatic carbocycles. The van der Waals surface area contributed by atoms with Crippen LogP contribution in [-0.2, 0) is 9.53 Å². The Balaban J connectivity index is 1.69. The molecule has 106 valence electrons. The van der Waals surface area contributed by atoms with Gasteiger partial charge >= 0.3 is 6.03 Å². The largest absolute Gasteiger partial charge is 0.373 e. The van der Waals surface area contributed by atoms with Crippen molar-refractivity contribution in [1.29, 1.82) is 0 Å². The molecular formula is C13H21N3O3. The molecule has 3 atom stereocenters. The first-order chi connectivity index (χ1) is 9.11. The van der Waals surface area contributed by atoms with Crippen LogP contribution in [-0.4, -0.2) is 54.2 Å². The summed E-state index contributed by atoms with van der Waals surface area (Å²) in [5.41, 5.74) is -0.709. The first-order valence-electron chi connectivity index (χ1n) is 7.11. The van der Waals surface area contributed by atoms with Gasteiger partial charge in [0, 0.05) is 6.54 Å². The quantitative estimate of drug-likeness (QED) is 0.703. The fraction of sp³-hybridized carbons (Fsp3) is 0.846. The number of piperidine rings is 1. The Morgan fingerprint density at radius 3 is 2.89 bits per heavy atom. The molecule has 0 bridgehead atoms. The van der Waals surface area contributed by atoms with Gasteiger partial charge in [-0.25, -0.2) is 4.79 Å². The van der Waals surface area contributed by atoms with Crippen molar-refractivity contribution in [2.24, 2.45) is 0 Å². The van der Waals surface area contributed by atoms with Crippen molar-refractivity contribution in [2.75, 3.05) is 19.6 Å². The molecule has 3 amide bonds. The number of ether oxygens (including phenoxy) is 1. The predicted octanol–water partition coefficient (Wildman–Crippen LogP) is 0.228. The van der Waals surface area contributed by atoms with E-state index in [1.165, 1.54) is 4.90 Å². The predicted molar refractivity (Wildman–Crippen MR) is 68.6 cm³/mol. The Morgan fingerprint density at radius 2 is 2.26 bits per heavy atom. The molecule has 3 fully saturated rings. The second-order valence-corrected chi connectivity index (χ2v) is 5.85. The van der Waals surface area contributed by atoms with Crippen molar-refractivity contribution >= 4 is 11.9 Å². The van der Waals surface area contributed by atoms with Gasteiger partial charge in [-0.2, -0.15) is 0 Å². The maximum atomic E-state index is 12.5. The lowest BCUT2D eigenvalue weighted by atomic mass is 9.90. The summed E-state index contributed by atoms with van der Waals surface area (Å²) in [6.07, 6.45) is 3.79. The van der Waals surface area contributed by atoms with Gasteiger partial charge in [0.1, 0.15) is 5.54 Å². The molecule has 6 nitrogen and oxygen atoms in total. The van der Waals surface area contributed by atoms with E-state index in [2.05, 4.69) is 10.6 Å². The maximum Gasteiger partial charge on any atom is 0.325 e. The highest BCUT2D eigenvalue weighted by Crippen LogP contribution is 2.27. The Hall–Kier alpha value is -1.14. The molecule has 3 aliphatic heterocycles. The maximum absolute atomic E-state index is 12.5. The monoisotopic (exact) mass is 267 g/mol. The molecule has 0 aromatic rings. The van der Waals surface area contributed by atoms with Crippen LogP contribution in [0.3, 0.4) is 0 Å². The summed E-state index contributed by atoms with van der Waals surface area (Å²) in [6, 6.07) is -0.267. The van der Waals surface area contributed by atoms with Crippen LogP contribution < -0.4 is 10.6 Å². The first-order valence-corrected chi connectivity index (χ1v) is 7.11. The highest BCUT2D eigenvalue weighted by atomic mass is 16.5. The van der Waals surface area contributed by atoms with E-state index in [0.29, 0.717) is 13.1 Å². The number of carbonyl (C=O) groups is 2. The zero-order valence-corrected chi connectivity index (χ0v) is 11.3. The molecule has 19 heavy (non-hydrogen) atoms. The fourth-order valence-electron chi connectivity index (χ4n) is 3.26. The summed E-state index contributed by atoms with van der Waals surface area (Å²) < 4.78 is 5.71. The second-order valence-electron chi connectivity index (χ2n) is 5.85. The molecule has 0 aliphatic carbocycles. The highest BCUT2D eigenvalue weighted by Gasteiger charge is 2.52. The van der Waals surface area contributed by atoms with E-state index in [9.17, 15) is 9.59 Å². The van der Waals surface area contributed by atoms with Crippen molar-refractivity contribution in [2.45, 2.75) is 50.4 Å². The molecule has 3 heterocycles. The van der Waals surface area contributed by atoms with Crippen LogP contribution in [0.5, 0.6) is 0 Å². The Kier molecular flexibility index (Phi) is 3.22. The van der Waals surface area contributed by atoms with Gasteiger partial charge in [-0.1, -0.05) is 0 Å². The number of hydrogen-bond donors (Lipinski definition) is 2. The van der Waals surface area contributed by atoms with Gasteiger partial charge in [0.2, 0.25) is 0 Å². The lowest BCUT2D eigenvalue weighted by Crippen LogP contribution is -2.57. The van der Waals surface area contributed by atoms with E-state index in [1.807, 2.05) is 6.92 Å². The Labute approximate surface area is 112 Å². The van der Waals surface area contributed by atoms with Gasteiger partial charge in [-0.3, -0.25) is 9.69 Å². The minimum absolute atomic E-state index is 0.00333. The molecular weight excluding hydrogens is 246 g/mol. The minimum Gasteiger partial charge on any atom is -0.373 e. The Morgan fingerprint density at radius 1 is 1.42 bits per heavy atom. The number of carbonyl (C=O) groups excluding carboxylic acids is 2. The highest BCUT2D eigenvalue weighted by molar-refractivity contribution is 6.07. The molecule has 6 heteroatoms. The number of nitrogens with zero attached hydrogens (tertiary/aromatic N) is 1. The normalized spacial score (nSPS) is 39.1. The van der Waals surface area contributed by atoms with E-state index in [0.717, 1.165) is 32.2 Å². The topological polar surface area (TPSA) is 70.7 Å². The third-order valence-electron chi connectivity index (χ3n) is 4.34. The zero-order valence-electron chi connectivity index (χ0n) is 11.3. The third kappa shape index (κ3) is 2.23. The van der Waals surface area contributed by atoms with Crippen LogP contribution in [0.2, 0.25) is 0 Å². The summed E-state index contributed by atoms with van der Waals surface area (Å²) in [6.45, 7) is 3.86. The standard InChI is InChI=1S/C13H21N3O3/c1-9-3-4-10(19-9)7-16-11(17)13(15-12(16)18)5-2-6-14-8-13/h9-10,14H,2-8H2,1H3,(H,15,18). The van der Waals surface area contributed by atoms with Crippen LogP contribution in [0.15, 0.2) is 0 Å². The summed E-state index contributed by atoms with van der Waals surface area (Å²) in [5.74, 6) is -0.0900. The van der Waals surface area contributed by atoms with Crippen molar-refractivity contribution in [3.8, 4) is 0 Å². The van der Waals surface area contributed by atoms with Crippen LogP contribution in [0, 0.1) is 0 Å².